The second-order valence-corrected chi connectivity index (χ2v) is 4.69. The smallest absolute Gasteiger partial charge is 0.313 e. The molecule has 0 spiro atoms. The predicted molar refractivity (Wildman–Crippen MR) is 74.6 cm³/mol. The lowest BCUT2D eigenvalue weighted by atomic mass is 10.0. The van der Waals surface area contributed by atoms with Gasteiger partial charge in [-0.05, 0) is 26.5 Å². The Morgan fingerprint density at radius 3 is 2.70 bits per heavy atom. The summed E-state index contributed by atoms with van der Waals surface area (Å²) in [5.41, 5.74) is 4.65. The van der Waals surface area contributed by atoms with Crippen LogP contribution in [0.3, 0.4) is 0 Å². The minimum absolute atomic E-state index is 0.0829. The molecule has 0 saturated carbocycles. The van der Waals surface area contributed by atoms with Crippen LogP contribution in [-0.4, -0.2) is 29.5 Å². The minimum Gasteiger partial charge on any atom is -0.484 e. The van der Waals surface area contributed by atoms with Crippen molar-refractivity contribution in [2.45, 2.75) is 26.3 Å². The molecule has 20 heavy (non-hydrogen) atoms. The van der Waals surface area contributed by atoms with Crippen molar-refractivity contribution in [3.05, 3.63) is 33.9 Å². The summed E-state index contributed by atoms with van der Waals surface area (Å²) in [6, 6.07) is 4.79. The van der Waals surface area contributed by atoms with Crippen LogP contribution >= 0.6 is 0 Å². The van der Waals surface area contributed by atoms with Crippen LogP contribution in [0.25, 0.3) is 0 Å². The Balaban J connectivity index is 2.97. The fourth-order valence-corrected chi connectivity index (χ4v) is 1.80. The molecule has 1 rings (SSSR count). The summed E-state index contributed by atoms with van der Waals surface area (Å²) in [6.07, 6.45) is 0. The van der Waals surface area contributed by atoms with Crippen molar-refractivity contribution >= 4 is 11.6 Å². The van der Waals surface area contributed by atoms with Crippen LogP contribution in [0.5, 0.6) is 5.75 Å². The summed E-state index contributed by atoms with van der Waals surface area (Å²) in [5, 5.41) is 14.0. The molecule has 7 heteroatoms. The Hall–Kier alpha value is -2.15. The number of rotatable bonds is 7. The number of amides is 1. The van der Waals surface area contributed by atoms with Crippen LogP contribution < -0.4 is 15.8 Å². The van der Waals surface area contributed by atoms with Crippen molar-refractivity contribution in [2.75, 3.05) is 13.2 Å². The first kappa shape index (κ1) is 15.9. The highest BCUT2D eigenvalue weighted by Crippen LogP contribution is 2.30. The fraction of sp³-hybridized carbons (Fsp3) is 0.462. The van der Waals surface area contributed by atoms with Gasteiger partial charge in [0.15, 0.2) is 5.75 Å². The molecule has 1 amide bonds. The molecule has 1 aromatic rings. The lowest BCUT2D eigenvalue weighted by molar-refractivity contribution is -0.386. The monoisotopic (exact) mass is 281 g/mol. The molecule has 0 aliphatic rings. The number of nitrogens with two attached hydrogens (primary N) is 1. The zero-order valence-electron chi connectivity index (χ0n) is 11.8. The number of hydrogen-bond donors (Lipinski definition) is 2. The maximum absolute atomic E-state index is 11.5. The van der Waals surface area contributed by atoms with E-state index in [4.69, 9.17) is 10.5 Å². The van der Waals surface area contributed by atoms with E-state index in [0.29, 0.717) is 12.1 Å². The fourth-order valence-electron chi connectivity index (χ4n) is 1.80. The van der Waals surface area contributed by atoms with E-state index in [1.165, 1.54) is 6.07 Å². The third-order valence-electron chi connectivity index (χ3n) is 3.01. The van der Waals surface area contributed by atoms with Crippen LogP contribution in [0, 0.1) is 17.0 Å². The predicted octanol–water partition coefficient (Wildman–Crippen LogP) is 1.14. The molecular weight excluding hydrogens is 262 g/mol. The van der Waals surface area contributed by atoms with Gasteiger partial charge >= 0.3 is 5.69 Å². The summed E-state index contributed by atoms with van der Waals surface area (Å²) in [6.45, 7) is 5.50. The van der Waals surface area contributed by atoms with Gasteiger partial charge in [0.1, 0.15) is 12.1 Å². The number of hydrogen-bond acceptors (Lipinski definition) is 5. The number of benzene rings is 1. The minimum atomic E-state index is -1.08. The van der Waals surface area contributed by atoms with Crippen LogP contribution in [0.1, 0.15) is 19.4 Å². The third kappa shape index (κ3) is 3.45. The average Bonchev–Trinajstić information content (AvgIpc) is 2.36. The van der Waals surface area contributed by atoms with E-state index in [9.17, 15) is 14.9 Å². The number of carbonyl (C=O) groups is 1. The molecule has 7 nitrogen and oxygen atoms in total. The van der Waals surface area contributed by atoms with E-state index >= 15 is 0 Å². The second kappa shape index (κ2) is 6.33. The standard InChI is InChI=1S/C13H19N3O4/c1-4-15-13(3,12(14)17)8-20-10-7-5-6-9(2)11(10)16(18)19/h5-7,15H,4,8H2,1-3H3,(H2,14,17). The normalized spacial score (nSPS) is 13.6. The Morgan fingerprint density at radius 2 is 2.20 bits per heavy atom. The van der Waals surface area contributed by atoms with Gasteiger partial charge in [0.2, 0.25) is 5.91 Å². The Morgan fingerprint density at radius 1 is 1.55 bits per heavy atom. The largest absolute Gasteiger partial charge is 0.484 e. The van der Waals surface area contributed by atoms with E-state index < -0.39 is 16.4 Å². The first-order valence-electron chi connectivity index (χ1n) is 6.23. The van der Waals surface area contributed by atoms with Crippen LogP contribution in [0.4, 0.5) is 5.69 Å². The maximum atomic E-state index is 11.5. The zero-order valence-corrected chi connectivity index (χ0v) is 11.8. The average molecular weight is 281 g/mol. The van der Waals surface area contributed by atoms with Gasteiger partial charge in [0.05, 0.1) is 4.92 Å². The Kier molecular flexibility index (Phi) is 5.04. The molecule has 0 bridgehead atoms. The summed E-state index contributed by atoms with van der Waals surface area (Å²) in [5.74, 6) is -0.449. The summed E-state index contributed by atoms with van der Waals surface area (Å²) < 4.78 is 5.45. The van der Waals surface area contributed by atoms with Crippen molar-refractivity contribution < 1.29 is 14.5 Å². The molecule has 110 valence electrons. The number of ether oxygens (including phenoxy) is 1. The van der Waals surface area contributed by atoms with Crippen molar-refractivity contribution in [3.63, 3.8) is 0 Å². The Bertz CT molecular complexity index is 518. The molecule has 0 radical (unpaired) electrons. The van der Waals surface area contributed by atoms with Gasteiger partial charge in [0, 0.05) is 5.56 Å². The summed E-state index contributed by atoms with van der Waals surface area (Å²) in [7, 11) is 0. The van der Waals surface area contributed by atoms with Gasteiger partial charge in [-0.2, -0.15) is 0 Å². The number of aryl methyl sites for hydroxylation is 1. The molecule has 1 aromatic carbocycles. The summed E-state index contributed by atoms with van der Waals surface area (Å²) >= 11 is 0. The molecule has 0 heterocycles. The van der Waals surface area contributed by atoms with Crippen molar-refractivity contribution in [3.8, 4) is 5.75 Å². The molecular formula is C13H19N3O4. The van der Waals surface area contributed by atoms with Gasteiger partial charge in [-0.25, -0.2) is 0 Å². The van der Waals surface area contributed by atoms with E-state index in [0.717, 1.165) is 0 Å². The lowest BCUT2D eigenvalue weighted by Crippen LogP contribution is -2.57. The first-order valence-corrected chi connectivity index (χ1v) is 6.23. The molecule has 0 aliphatic carbocycles. The van der Waals surface area contributed by atoms with E-state index in [1.807, 2.05) is 6.92 Å². The number of likely N-dealkylation sites (N-methyl/N-ethyl adjacent to an activating group) is 1. The van der Waals surface area contributed by atoms with E-state index in [1.54, 1.807) is 26.0 Å². The molecule has 1 atom stereocenters. The van der Waals surface area contributed by atoms with E-state index in [2.05, 4.69) is 5.32 Å². The number of nitro groups is 1. The summed E-state index contributed by atoms with van der Waals surface area (Å²) in [4.78, 5) is 22.0. The van der Waals surface area contributed by atoms with Crippen molar-refractivity contribution in [2.24, 2.45) is 5.73 Å². The first-order chi connectivity index (χ1) is 9.31. The maximum Gasteiger partial charge on any atom is 0.313 e. The number of nitro benzene ring substituents is 1. The van der Waals surface area contributed by atoms with Crippen LogP contribution in [-0.2, 0) is 4.79 Å². The number of nitrogens with zero attached hydrogens (tertiary/aromatic N) is 1. The topological polar surface area (TPSA) is 107 Å². The Labute approximate surface area is 117 Å². The molecule has 0 aliphatic heterocycles. The highest BCUT2D eigenvalue weighted by Gasteiger charge is 2.32. The molecule has 3 N–H and O–H groups in total. The second-order valence-electron chi connectivity index (χ2n) is 4.69. The van der Waals surface area contributed by atoms with Crippen molar-refractivity contribution in [1.29, 1.82) is 0 Å². The number of para-hydroxylation sites is 1. The lowest BCUT2D eigenvalue weighted by Gasteiger charge is -2.26. The van der Waals surface area contributed by atoms with Gasteiger partial charge in [0.25, 0.3) is 0 Å². The zero-order chi connectivity index (χ0) is 15.3. The third-order valence-corrected chi connectivity index (χ3v) is 3.01. The highest BCUT2D eigenvalue weighted by molar-refractivity contribution is 5.84. The SMILES string of the molecule is CCNC(C)(COc1cccc(C)c1[N+](=O)[O-])C(N)=O. The van der Waals surface area contributed by atoms with E-state index in [-0.39, 0.29) is 18.0 Å². The van der Waals surface area contributed by atoms with Crippen LogP contribution in [0.15, 0.2) is 18.2 Å². The van der Waals surface area contributed by atoms with Crippen LogP contribution in [0.2, 0.25) is 0 Å². The van der Waals surface area contributed by atoms with Crippen molar-refractivity contribution in [1.82, 2.24) is 5.32 Å². The number of nitrogens with one attached hydrogen (secondary N) is 1. The van der Waals surface area contributed by atoms with Gasteiger partial charge in [-0.1, -0.05) is 19.1 Å². The van der Waals surface area contributed by atoms with Gasteiger partial charge in [-0.15, -0.1) is 0 Å². The number of carbonyl (C=O) groups excluding carboxylic acids is 1. The van der Waals surface area contributed by atoms with Gasteiger partial charge < -0.3 is 15.8 Å². The molecule has 0 saturated heterocycles. The molecule has 0 fully saturated rings. The highest BCUT2D eigenvalue weighted by atomic mass is 16.6. The van der Waals surface area contributed by atoms with Gasteiger partial charge in [-0.3, -0.25) is 14.9 Å². The quantitative estimate of drug-likeness (QED) is 0.575. The number of primary amides is 1. The molecule has 1 unspecified atom stereocenters. The molecule has 0 aromatic heterocycles.